The highest BCUT2D eigenvalue weighted by molar-refractivity contribution is 5.91. The number of methoxy groups -OCH3 is 2. The molecule has 120 valence electrons. The molecule has 1 aromatic heterocycles. The summed E-state index contributed by atoms with van der Waals surface area (Å²) in [6.07, 6.45) is 4.03. The zero-order valence-corrected chi connectivity index (χ0v) is 13.1. The van der Waals surface area contributed by atoms with E-state index >= 15 is 0 Å². The van der Waals surface area contributed by atoms with Gasteiger partial charge < -0.3 is 19.7 Å². The molecule has 0 bridgehead atoms. The summed E-state index contributed by atoms with van der Waals surface area (Å²) in [6, 6.07) is 5.09. The number of carbonyl (C=O) groups excluding carboxylic acids is 1. The number of aromatic nitrogens is 2. The molecular formula is C16H18N4O3. The second-order valence-electron chi connectivity index (χ2n) is 5.16. The second kappa shape index (κ2) is 6.51. The summed E-state index contributed by atoms with van der Waals surface area (Å²) in [5.74, 6) is 1.22. The minimum absolute atomic E-state index is 0.178. The number of urea groups is 1. The number of ether oxygens (including phenoxy) is 2. The van der Waals surface area contributed by atoms with Crippen LogP contribution in [0.2, 0.25) is 0 Å². The first-order chi connectivity index (χ1) is 11.2. The highest BCUT2D eigenvalue weighted by atomic mass is 16.5. The predicted molar refractivity (Wildman–Crippen MR) is 84.7 cm³/mol. The van der Waals surface area contributed by atoms with Gasteiger partial charge in [0.05, 0.1) is 32.1 Å². The summed E-state index contributed by atoms with van der Waals surface area (Å²) in [5, 5.41) is 2.88. The molecule has 0 unspecified atom stereocenters. The summed E-state index contributed by atoms with van der Waals surface area (Å²) in [6.45, 7) is 1.12. The Balaban J connectivity index is 1.73. The second-order valence-corrected chi connectivity index (χ2v) is 5.16. The molecule has 2 amide bonds. The van der Waals surface area contributed by atoms with Crippen molar-refractivity contribution in [1.82, 2.24) is 14.9 Å². The van der Waals surface area contributed by atoms with Crippen LogP contribution in [0.25, 0.3) is 0 Å². The average molecular weight is 314 g/mol. The molecule has 1 N–H and O–H groups in total. The SMILES string of the molecule is COc1ccc(NC(=O)N2CCc3ncncc3C2)c(OC)c1. The van der Waals surface area contributed by atoms with Crippen LogP contribution in [0.3, 0.4) is 0 Å². The lowest BCUT2D eigenvalue weighted by atomic mass is 10.1. The molecule has 0 atom stereocenters. The lowest BCUT2D eigenvalue weighted by molar-refractivity contribution is 0.205. The molecule has 0 saturated carbocycles. The van der Waals surface area contributed by atoms with Crippen LogP contribution in [0.5, 0.6) is 11.5 Å². The molecule has 0 saturated heterocycles. The quantitative estimate of drug-likeness (QED) is 0.938. The summed E-state index contributed by atoms with van der Waals surface area (Å²) >= 11 is 0. The van der Waals surface area contributed by atoms with Gasteiger partial charge in [0.15, 0.2) is 0 Å². The molecule has 1 aliphatic heterocycles. The monoisotopic (exact) mass is 314 g/mol. The van der Waals surface area contributed by atoms with E-state index in [1.54, 1.807) is 43.5 Å². The maximum absolute atomic E-state index is 12.5. The normalized spacial score (nSPS) is 13.2. The number of hydrogen-bond donors (Lipinski definition) is 1. The van der Waals surface area contributed by atoms with Gasteiger partial charge in [0.2, 0.25) is 0 Å². The van der Waals surface area contributed by atoms with Gasteiger partial charge in [0, 0.05) is 30.8 Å². The van der Waals surface area contributed by atoms with Crippen molar-refractivity contribution in [1.29, 1.82) is 0 Å². The van der Waals surface area contributed by atoms with E-state index in [2.05, 4.69) is 15.3 Å². The Morgan fingerprint density at radius 2 is 2.17 bits per heavy atom. The first-order valence-corrected chi connectivity index (χ1v) is 7.27. The Hall–Kier alpha value is -2.83. The number of rotatable bonds is 3. The van der Waals surface area contributed by atoms with Crippen LogP contribution >= 0.6 is 0 Å². The molecule has 0 fully saturated rings. The number of nitrogens with one attached hydrogen (secondary N) is 1. The molecule has 1 aliphatic rings. The summed E-state index contributed by atoms with van der Waals surface area (Å²) < 4.78 is 10.5. The van der Waals surface area contributed by atoms with E-state index in [1.807, 2.05) is 0 Å². The van der Waals surface area contributed by atoms with Crippen molar-refractivity contribution in [2.45, 2.75) is 13.0 Å². The maximum Gasteiger partial charge on any atom is 0.322 e. The molecule has 2 aromatic rings. The molecule has 0 aliphatic carbocycles. The molecule has 1 aromatic carbocycles. The maximum atomic E-state index is 12.5. The number of carbonyl (C=O) groups is 1. The Morgan fingerprint density at radius 1 is 1.30 bits per heavy atom. The van der Waals surface area contributed by atoms with E-state index in [4.69, 9.17) is 9.47 Å². The van der Waals surface area contributed by atoms with Crippen molar-refractivity contribution in [2.75, 3.05) is 26.1 Å². The van der Waals surface area contributed by atoms with Crippen molar-refractivity contribution >= 4 is 11.7 Å². The van der Waals surface area contributed by atoms with Crippen molar-refractivity contribution in [3.63, 3.8) is 0 Å². The molecule has 23 heavy (non-hydrogen) atoms. The minimum atomic E-state index is -0.178. The topological polar surface area (TPSA) is 76.6 Å². The Kier molecular flexibility index (Phi) is 4.27. The average Bonchev–Trinajstić information content (AvgIpc) is 2.61. The largest absolute Gasteiger partial charge is 0.497 e. The first kappa shape index (κ1) is 15.1. The van der Waals surface area contributed by atoms with Crippen LogP contribution in [-0.4, -0.2) is 41.7 Å². The summed E-state index contributed by atoms with van der Waals surface area (Å²) in [7, 11) is 3.14. The molecule has 7 heteroatoms. The van der Waals surface area contributed by atoms with Gasteiger partial charge in [0.1, 0.15) is 17.8 Å². The fourth-order valence-corrected chi connectivity index (χ4v) is 2.54. The standard InChI is InChI=1S/C16H18N4O3/c1-22-12-3-4-14(15(7-12)23-2)19-16(21)20-6-5-13-11(9-20)8-17-10-18-13/h3-4,7-8,10H,5-6,9H2,1-2H3,(H,19,21). The number of fused-ring (bicyclic) bond motifs is 1. The first-order valence-electron chi connectivity index (χ1n) is 7.27. The fraction of sp³-hybridized carbons (Fsp3) is 0.312. The smallest absolute Gasteiger partial charge is 0.322 e. The zero-order valence-electron chi connectivity index (χ0n) is 13.1. The third kappa shape index (κ3) is 3.18. The van der Waals surface area contributed by atoms with Gasteiger partial charge in [0.25, 0.3) is 0 Å². The van der Waals surface area contributed by atoms with Crippen molar-refractivity contribution in [3.8, 4) is 11.5 Å². The molecule has 0 radical (unpaired) electrons. The Labute approximate surface area is 134 Å². The Bertz CT molecular complexity index is 720. The van der Waals surface area contributed by atoms with E-state index in [-0.39, 0.29) is 6.03 Å². The van der Waals surface area contributed by atoms with E-state index in [0.717, 1.165) is 17.7 Å². The predicted octanol–water partition coefficient (Wildman–Crippen LogP) is 2.08. The number of nitrogens with zero attached hydrogens (tertiary/aromatic N) is 3. The summed E-state index contributed by atoms with van der Waals surface area (Å²) in [4.78, 5) is 22.5. The van der Waals surface area contributed by atoms with Crippen LogP contribution in [-0.2, 0) is 13.0 Å². The molecule has 2 heterocycles. The van der Waals surface area contributed by atoms with Gasteiger partial charge in [-0.2, -0.15) is 0 Å². The van der Waals surface area contributed by atoms with Gasteiger partial charge in [-0.05, 0) is 12.1 Å². The third-order valence-electron chi connectivity index (χ3n) is 3.80. The molecule has 0 spiro atoms. The van der Waals surface area contributed by atoms with Crippen LogP contribution < -0.4 is 14.8 Å². The highest BCUT2D eigenvalue weighted by Gasteiger charge is 2.22. The fourth-order valence-electron chi connectivity index (χ4n) is 2.54. The number of hydrogen-bond acceptors (Lipinski definition) is 5. The lowest BCUT2D eigenvalue weighted by Crippen LogP contribution is -2.39. The van der Waals surface area contributed by atoms with Crippen molar-refractivity contribution < 1.29 is 14.3 Å². The van der Waals surface area contributed by atoms with Gasteiger partial charge in [-0.25, -0.2) is 14.8 Å². The van der Waals surface area contributed by atoms with Gasteiger partial charge in [-0.15, -0.1) is 0 Å². The van der Waals surface area contributed by atoms with Crippen LogP contribution in [0.1, 0.15) is 11.3 Å². The number of benzene rings is 1. The summed E-state index contributed by atoms with van der Waals surface area (Å²) in [5.41, 5.74) is 2.59. The van der Waals surface area contributed by atoms with E-state index < -0.39 is 0 Å². The van der Waals surface area contributed by atoms with Gasteiger partial charge >= 0.3 is 6.03 Å². The van der Waals surface area contributed by atoms with Crippen molar-refractivity contribution in [3.05, 3.63) is 42.0 Å². The molecule has 3 rings (SSSR count). The highest BCUT2D eigenvalue weighted by Crippen LogP contribution is 2.29. The van der Waals surface area contributed by atoms with Gasteiger partial charge in [-0.1, -0.05) is 0 Å². The van der Waals surface area contributed by atoms with E-state index in [0.29, 0.717) is 30.3 Å². The molecular weight excluding hydrogens is 296 g/mol. The van der Waals surface area contributed by atoms with Crippen LogP contribution in [0.15, 0.2) is 30.7 Å². The van der Waals surface area contributed by atoms with Crippen LogP contribution in [0.4, 0.5) is 10.5 Å². The van der Waals surface area contributed by atoms with E-state index in [9.17, 15) is 4.79 Å². The third-order valence-corrected chi connectivity index (χ3v) is 3.80. The lowest BCUT2D eigenvalue weighted by Gasteiger charge is -2.28. The minimum Gasteiger partial charge on any atom is -0.497 e. The number of amides is 2. The number of anilines is 1. The zero-order chi connectivity index (χ0) is 16.2. The molecule has 7 nitrogen and oxygen atoms in total. The van der Waals surface area contributed by atoms with E-state index in [1.165, 1.54) is 6.33 Å². The van der Waals surface area contributed by atoms with Gasteiger partial charge in [-0.3, -0.25) is 0 Å². The Morgan fingerprint density at radius 3 is 2.96 bits per heavy atom. The van der Waals surface area contributed by atoms with Crippen LogP contribution in [0, 0.1) is 0 Å². The van der Waals surface area contributed by atoms with Crippen molar-refractivity contribution in [2.24, 2.45) is 0 Å².